The second-order valence-electron chi connectivity index (χ2n) is 4.96. The van der Waals surface area contributed by atoms with E-state index in [4.69, 9.17) is 4.74 Å². The maximum atomic E-state index is 12.1. The number of carbonyl (C=O) groups is 1. The average Bonchev–Trinajstić information content (AvgIpc) is 2.72. The number of nitrogens with zero attached hydrogens (tertiary/aromatic N) is 2. The predicted octanol–water partition coefficient (Wildman–Crippen LogP) is 3.09. The van der Waals surface area contributed by atoms with Crippen LogP contribution < -0.4 is 10.1 Å². The van der Waals surface area contributed by atoms with Crippen LogP contribution in [-0.4, -0.2) is 22.3 Å². The Morgan fingerprint density at radius 1 is 1.36 bits per heavy atom. The Kier molecular flexibility index (Phi) is 4.99. The minimum atomic E-state index is -0.199. The van der Waals surface area contributed by atoms with Gasteiger partial charge in [-0.3, -0.25) is 9.48 Å². The predicted molar refractivity (Wildman–Crippen MR) is 88.0 cm³/mol. The number of rotatable bonds is 5. The van der Waals surface area contributed by atoms with E-state index in [1.165, 1.54) is 6.08 Å². The smallest absolute Gasteiger partial charge is 0.248 e. The fraction of sp³-hybridized carbons (Fsp3) is 0.294. The number of para-hydroxylation sites is 2. The van der Waals surface area contributed by atoms with Crippen LogP contribution in [0.5, 0.6) is 5.75 Å². The highest BCUT2D eigenvalue weighted by Crippen LogP contribution is 2.23. The molecule has 1 aromatic heterocycles. The fourth-order valence-corrected chi connectivity index (χ4v) is 2.22. The quantitative estimate of drug-likeness (QED) is 0.863. The van der Waals surface area contributed by atoms with Crippen LogP contribution in [0.25, 0.3) is 6.08 Å². The van der Waals surface area contributed by atoms with Gasteiger partial charge in [0, 0.05) is 24.4 Å². The monoisotopic (exact) mass is 299 g/mol. The van der Waals surface area contributed by atoms with Gasteiger partial charge in [-0.15, -0.1) is 0 Å². The first-order chi connectivity index (χ1) is 10.5. The van der Waals surface area contributed by atoms with Gasteiger partial charge in [0.05, 0.1) is 18.0 Å². The van der Waals surface area contributed by atoms with E-state index in [1.54, 1.807) is 10.8 Å². The molecule has 1 aromatic carbocycles. The van der Waals surface area contributed by atoms with Crippen molar-refractivity contribution in [2.75, 3.05) is 11.9 Å². The third kappa shape index (κ3) is 3.55. The SMILES string of the molecule is CCOc1ccccc1NC(=O)C=Cc1c(C)nn(C)c1C. The second-order valence-corrected chi connectivity index (χ2v) is 4.96. The third-order valence-electron chi connectivity index (χ3n) is 3.41. The number of hydrogen-bond donors (Lipinski definition) is 1. The zero-order valence-electron chi connectivity index (χ0n) is 13.4. The largest absolute Gasteiger partial charge is 0.492 e. The molecule has 1 N–H and O–H groups in total. The first-order valence-electron chi connectivity index (χ1n) is 7.24. The van der Waals surface area contributed by atoms with Gasteiger partial charge in [0.1, 0.15) is 5.75 Å². The summed E-state index contributed by atoms with van der Waals surface area (Å²) in [5, 5.41) is 7.16. The van der Waals surface area contributed by atoms with Crippen molar-refractivity contribution in [3.05, 3.63) is 47.3 Å². The summed E-state index contributed by atoms with van der Waals surface area (Å²) in [5.74, 6) is 0.468. The van der Waals surface area contributed by atoms with E-state index in [-0.39, 0.29) is 5.91 Å². The van der Waals surface area contributed by atoms with Crippen molar-refractivity contribution in [3.63, 3.8) is 0 Å². The number of hydrogen-bond acceptors (Lipinski definition) is 3. The molecule has 0 unspecified atom stereocenters. The highest BCUT2D eigenvalue weighted by atomic mass is 16.5. The molecule has 2 aromatic rings. The topological polar surface area (TPSA) is 56.1 Å². The molecule has 0 radical (unpaired) electrons. The first-order valence-corrected chi connectivity index (χ1v) is 7.24. The zero-order valence-corrected chi connectivity index (χ0v) is 13.4. The molecule has 1 heterocycles. The summed E-state index contributed by atoms with van der Waals surface area (Å²) >= 11 is 0. The number of benzene rings is 1. The molecule has 0 aliphatic rings. The van der Waals surface area contributed by atoms with Gasteiger partial charge >= 0.3 is 0 Å². The molecular formula is C17H21N3O2. The Morgan fingerprint density at radius 2 is 2.09 bits per heavy atom. The Morgan fingerprint density at radius 3 is 2.73 bits per heavy atom. The van der Waals surface area contributed by atoms with Gasteiger partial charge in [0.2, 0.25) is 5.91 Å². The number of aryl methyl sites for hydroxylation is 2. The normalized spacial score (nSPS) is 10.9. The summed E-state index contributed by atoms with van der Waals surface area (Å²) in [6, 6.07) is 7.38. The summed E-state index contributed by atoms with van der Waals surface area (Å²) in [7, 11) is 1.89. The number of anilines is 1. The van der Waals surface area contributed by atoms with Crippen molar-refractivity contribution in [3.8, 4) is 5.75 Å². The Bertz CT molecular complexity index is 702. The maximum Gasteiger partial charge on any atom is 0.248 e. The summed E-state index contributed by atoms with van der Waals surface area (Å²) in [4.78, 5) is 12.1. The Hall–Kier alpha value is -2.56. The maximum absolute atomic E-state index is 12.1. The Labute approximate surface area is 130 Å². The van der Waals surface area contributed by atoms with Crippen LogP contribution >= 0.6 is 0 Å². The lowest BCUT2D eigenvalue weighted by atomic mass is 10.2. The summed E-state index contributed by atoms with van der Waals surface area (Å²) in [6.45, 7) is 6.36. The Balaban J connectivity index is 2.12. The van der Waals surface area contributed by atoms with E-state index < -0.39 is 0 Å². The number of nitrogens with one attached hydrogen (secondary N) is 1. The molecule has 0 fully saturated rings. The van der Waals surface area contributed by atoms with Gasteiger partial charge in [-0.05, 0) is 39.0 Å². The lowest BCUT2D eigenvalue weighted by molar-refractivity contribution is -0.111. The van der Waals surface area contributed by atoms with Crippen molar-refractivity contribution in [2.24, 2.45) is 7.05 Å². The fourth-order valence-electron chi connectivity index (χ4n) is 2.22. The van der Waals surface area contributed by atoms with Crippen molar-refractivity contribution in [1.82, 2.24) is 9.78 Å². The standard InChI is InChI=1S/C17H21N3O2/c1-5-22-16-9-7-6-8-15(16)18-17(21)11-10-14-12(2)19-20(4)13(14)3/h6-11H,5H2,1-4H3,(H,18,21). The summed E-state index contributed by atoms with van der Waals surface area (Å²) in [5.41, 5.74) is 3.56. The highest BCUT2D eigenvalue weighted by Gasteiger charge is 2.08. The second kappa shape index (κ2) is 6.93. The average molecular weight is 299 g/mol. The minimum Gasteiger partial charge on any atom is -0.492 e. The number of aromatic nitrogens is 2. The van der Waals surface area contributed by atoms with Gasteiger partial charge in [0.25, 0.3) is 0 Å². The first kappa shape index (κ1) is 15.8. The molecule has 116 valence electrons. The molecule has 0 aliphatic heterocycles. The molecule has 5 heteroatoms. The molecule has 2 rings (SSSR count). The van der Waals surface area contributed by atoms with Gasteiger partial charge in [-0.1, -0.05) is 12.1 Å². The molecule has 22 heavy (non-hydrogen) atoms. The van der Waals surface area contributed by atoms with E-state index in [9.17, 15) is 4.79 Å². The van der Waals surface area contributed by atoms with Gasteiger partial charge in [-0.2, -0.15) is 5.10 Å². The lowest BCUT2D eigenvalue weighted by Crippen LogP contribution is -2.09. The van der Waals surface area contributed by atoms with Crippen molar-refractivity contribution in [1.29, 1.82) is 0 Å². The molecule has 0 aliphatic carbocycles. The van der Waals surface area contributed by atoms with E-state index in [2.05, 4.69) is 10.4 Å². The minimum absolute atomic E-state index is 0.199. The van der Waals surface area contributed by atoms with Gasteiger partial charge < -0.3 is 10.1 Å². The summed E-state index contributed by atoms with van der Waals surface area (Å²) in [6.07, 6.45) is 3.30. The van der Waals surface area contributed by atoms with Crippen LogP contribution in [0.3, 0.4) is 0 Å². The molecule has 0 bridgehead atoms. The number of amides is 1. The van der Waals surface area contributed by atoms with E-state index in [0.717, 1.165) is 17.0 Å². The summed E-state index contributed by atoms with van der Waals surface area (Å²) < 4.78 is 7.29. The highest BCUT2D eigenvalue weighted by molar-refractivity contribution is 6.02. The van der Waals surface area contributed by atoms with Crippen LogP contribution in [0.1, 0.15) is 23.9 Å². The molecule has 1 amide bonds. The molecule has 5 nitrogen and oxygen atoms in total. The molecular weight excluding hydrogens is 278 g/mol. The van der Waals surface area contributed by atoms with Gasteiger partial charge in [-0.25, -0.2) is 0 Å². The van der Waals surface area contributed by atoms with Crippen LogP contribution in [-0.2, 0) is 11.8 Å². The number of ether oxygens (including phenoxy) is 1. The molecule has 0 saturated heterocycles. The van der Waals surface area contributed by atoms with E-state index in [0.29, 0.717) is 18.0 Å². The van der Waals surface area contributed by atoms with Crippen LogP contribution in [0.15, 0.2) is 30.3 Å². The van der Waals surface area contributed by atoms with Crippen LogP contribution in [0.4, 0.5) is 5.69 Å². The van der Waals surface area contributed by atoms with Crippen molar-refractivity contribution < 1.29 is 9.53 Å². The number of carbonyl (C=O) groups excluding carboxylic acids is 1. The van der Waals surface area contributed by atoms with Crippen molar-refractivity contribution >= 4 is 17.7 Å². The van der Waals surface area contributed by atoms with Crippen LogP contribution in [0.2, 0.25) is 0 Å². The lowest BCUT2D eigenvalue weighted by Gasteiger charge is -2.09. The van der Waals surface area contributed by atoms with Crippen LogP contribution in [0, 0.1) is 13.8 Å². The zero-order chi connectivity index (χ0) is 16.1. The molecule has 0 atom stereocenters. The molecule has 0 spiro atoms. The van der Waals surface area contributed by atoms with E-state index in [1.807, 2.05) is 52.1 Å². The molecule has 0 saturated carbocycles. The van der Waals surface area contributed by atoms with Crippen molar-refractivity contribution in [2.45, 2.75) is 20.8 Å². The van der Waals surface area contributed by atoms with E-state index >= 15 is 0 Å². The third-order valence-corrected chi connectivity index (χ3v) is 3.41. The van der Waals surface area contributed by atoms with Gasteiger partial charge in [0.15, 0.2) is 0 Å².